The average molecular weight is 308 g/mol. The Morgan fingerprint density at radius 1 is 1.19 bits per heavy atom. The van der Waals surface area contributed by atoms with Crippen LogP contribution in [0.5, 0.6) is 0 Å². The quantitative estimate of drug-likeness (QED) is 0.759. The van der Waals surface area contributed by atoms with Gasteiger partial charge in [0.2, 0.25) is 0 Å². The minimum Gasteiger partial charge on any atom is -0.370 e. The average Bonchev–Trinajstić information content (AvgIpc) is 3.25. The van der Waals surface area contributed by atoms with Crippen LogP contribution < -0.4 is 10.6 Å². The molecule has 0 aliphatic heterocycles. The first-order chi connectivity index (χ1) is 10.0. The molecular weight excluding hydrogens is 280 g/mol. The molecule has 1 saturated carbocycles. The highest BCUT2D eigenvalue weighted by molar-refractivity contribution is 8.00. The number of hydrogen-bond acceptors (Lipinski definition) is 5. The molecule has 1 heterocycles. The number of aromatic nitrogens is 2. The smallest absolute Gasteiger partial charge is 0.135 e. The van der Waals surface area contributed by atoms with Crippen LogP contribution in [0.2, 0.25) is 0 Å². The Bertz CT molecular complexity index is 483. The highest BCUT2D eigenvalue weighted by Crippen LogP contribution is 2.47. The minimum atomic E-state index is 0.337. The van der Waals surface area contributed by atoms with Crippen molar-refractivity contribution in [3.63, 3.8) is 0 Å². The van der Waals surface area contributed by atoms with E-state index < -0.39 is 0 Å². The van der Waals surface area contributed by atoms with Gasteiger partial charge in [-0.1, -0.05) is 20.8 Å². The molecule has 4 nitrogen and oxygen atoms in total. The summed E-state index contributed by atoms with van der Waals surface area (Å²) in [5.41, 5.74) is 1.13. The third-order valence-corrected chi connectivity index (χ3v) is 5.46. The summed E-state index contributed by atoms with van der Waals surface area (Å²) in [6.07, 6.45) is 5.92. The van der Waals surface area contributed by atoms with Crippen molar-refractivity contribution in [1.29, 1.82) is 0 Å². The van der Waals surface area contributed by atoms with Crippen molar-refractivity contribution in [2.24, 2.45) is 0 Å². The molecule has 21 heavy (non-hydrogen) atoms. The largest absolute Gasteiger partial charge is 0.370 e. The summed E-state index contributed by atoms with van der Waals surface area (Å²) in [6.45, 7) is 10.5. The first-order valence-electron chi connectivity index (χ1n) is 7.93. The molecule has 1 aliphatic rings. The number of rotatable bonds is 8. The molecule has 0 unspecified atom stereocenters. The minimum absolute atomic E-state index is 0.337. The fraction of sp³-hybridized carbons (Fsp3) is 0.750. The van der Waals surface area contributed by atoms with E-state index in [2.05, 4.69) is 49.6 Å². The molecule has 0 radical (unpaired) electrons. The lowest BCUT2D eigenvalue weighted by Crippen LogP contribution is -2.20. The molecule has 2 rings (SSSR count). The topological polar surface area (TPSA) is 49.8 Å². The van der Waals surface area contributed by atoms with Crippen LogP contribution in [-0.2, 0) is 0 Å². The number of anilines is 2. The summed E-state index contributed by atoms with van der Waals surface area (Å²) in [5, 5.41) is 7.00. The van der Waals surface area contributed by atoms with Gasteiger partial charge in [0, 0.05) is 29.3 Å². The van der Waals surface area contributed by atoms with Crippen molar-refractivity contribution in [2.75, 3.05) is 30.0 Å². The number of nitrogens with zero attached hydrogens (tertiary/aromatic N) is 2. The molecule has 1 aromatic rings. The van der Waals surface area contributed by atoms with E-state index in [1.54, 1.807) is 0 Å². The molecule has 2 N–H and O–H groups in total. The maximum atomic E-state index is 4.73. The molecule has 0 spiro atoms. The molecule has 1 fully saturated rings. The van der Waals surface area contributed by atoms with Crippen molar-refractivity contribution in [3.05, 3.63) is 11.4 Å². The van der Waals surface area contributed by atoms with Crippen molar-refractivity contribution in [2.45, 2.75) is 57.6 Å². The van der Waals surface area contributed by atoms with E-state index in [1.807, 2.05) is 11.8 Å². The Hall–Kier alpha value is -0.970. The zero-order chi connectivity index (χ0) is 15.5. The predicted octanol–water partition coefficient (Wildman–Crippen LogP) is 4.04. The lowest BCUT2D eigenvalue weighted by Gasteiger charge is -2.18. The Balaban J connectivity index is 2.19. The second-order valence-electron chi connectivity index (χ2n) is 6.23. The maximum absolute atomic E-state index is 4.73. The molecular formula is C16H28N4S. The van der Waals surface area contributed by atoms with Gasteiger partial charge in [0.05, 0.1) is 0 Å². The van der Waals surface area contributed by atoms with Crippen LogP contribution in [0.4, 0.5) is 11.6 Å². The third-order valence-electron chi connectivity index (χ3n) is 4.04. The van der Waals surface area contributed by atoms with Gasteiger partial charge in [0.25, 0.3) is 0 Å². The predicted molar refractivity (Wildman–Crippen MR) is 93.6 cm³/mol. The number of nitrogens with one attached hydrogen (secondary N) is 2. The van der Waals surface area contributed by atoms with E-state index in [-0.39, 0.29) is 0 Å². The highest BCUT2D eigenvalue weighted by atomic mass is 32.2. The van der Waals surface area contributed by atoms with Crippen molar-refractivity contribution in [1.82, 2.24) is 9.97 Å². The standard InChI is InChI=1S/C16H28N4S/c1-6-9-17-14-12(4)15(20-13(19-14)11(2)3)18-10-16(21-5)7-8-16/h11H,6-10H2,1-5H3,(H2,17,18,19,20). The van der Waals surface area contributed by atoms with Gasteiger partial charge in [-0.05, 0) is 32.4 Å². The van der Waals surface area contributed by atoms with Gasteiger partial charge in [-0.2, -0.15) is 11.8 Å². The Morgan fingerprint density at radius 3 is 2.29 bits per heavy atom. The molecule has 0 saturated heterocycles. The molecule has 0 aromatic carbocycles. The van der Waals surface area contributed by atoms with Gasteiger partial charge in [-0.25, -0.2) is 9.97 Å². The summed E-state index contributed by atoms with van der Waals surface area (Å²) >= 11 is 1.97. The zero-order valence-corrected chi connectivity index (χ0v) is 14.7. The van der Waals surface area contributed by atoms with E-state index in [1.165, 1.54) is 12.8 Å². The van der Waals surface area contributed by atoms with E-state index >= 15 is 0 Å². The molecule has 118 valence electrons. The van der Waals surface area contributed by atoms with Crippen molar-refractivity contribution < 1.29 is 0 Å². The van der Waals surface area contributed by atoms with E-state index in [0.29, 0.717) is 10.7 Å². The second-order valence-corrected chi connectivity index (χ2v) is 7.50. The summed E-state index contributed by atoms with van der Waals surface area (Å²) in [7, 11) is 0. The summed E-state index contributed by atoms with van der Waals surface area (Å²) < 4.78 is 0.437. The molecule has 1 aromatic heterocycles. The van der Waals surface area contributed by atoms with Crippen LogP contribution in [0.1, 0.15) is 57.3 Å². The summed E-state index contributed by atoms with van der Waals surface area (Å²) in [4.78, 5) is 9.42. The Labute approximate surface area is 132 Å². The van der Waals surface area contributed by atoms with Gasteiger partial charge < -0.3 is 10.6 Å². The van der Waals surface area contributed by atoms with Gasteiger partial charge in [0.1, 0.15) is 17.5 Å². The van der Waals surface area contributed by atoms with E-state index in [9.17, 15) is 0 Å². The van der Waals surface area contributed by atoms with E-state index in [4.69, 9.17) is 4.98 Å². The molecule has 5 heteroatoms. The Kier molecular flexibility index (Phi) is 5.36. The van der Waals surface area contributed by atoms with Gasteiger partial charge in [0.15, 0.2) is 0 Å². The first kappa shape index (κ1) is 16.4. The van der Waals surface area contributed by atoms with Crippen LogP contribution in [0.25, 0.3) is 0 Å². The first-order valence-corrected chi connectivity index (χ1v) is 9.15. The fourth-order valence-electron chi connectivity index (χ4n) is 2.22. The SMILES string of the molecule is CCCNc1nc(C(C)C)nc(NCC2(SC)CC2)c1C. The van der Waals surface area contributed by atoms with Crippen molar-refractivity contribution in [3.8, 4) is 0 Å². The van der Waals surface area contributed by atoms with Crippen LogP contribution >= 0.6 is 11.8 Å². The number of thioether (sulfide) groups is 1. The highest BCUT2D eigenvalue weighted by Gasteiger charge is 2.41. The maximum Gasteiger partial charge on any atom is 0.135 e. The molecule has 0 amide bonds. The van der Waals surface area contributed by atoms with Gasteiger partial charge in [-0.3, -0.25) is 0 Å². The normalized spacial score (nSPS) is 16.1. The third kappa shape index (κ3) is 4.02. The lowest BCUT2D eigenvalue weighted by atomic mass is 10.2. The molecule has 1 aliphatic carbocycles. The monoisotopic (exact) mass is 308 g/mol. The van der Waals surface area contributed by atoms with Crippen LogP contribution in [0.3, 0.4) is 0 Å². The summed E-state index contributed by atoms with van der Waals surface area (Å²) in [5.74, 6) is 3.22. The van der Waals surface area contributed by atoms with Gasteiger partial charge in [-0.15, -0.1) is 0 Å². The van der Waals surface area contributed by atoms with Crippen LogP contribution in [-0.4, -0.2) is 34.1 Å². The van der Waals surface area contributed by atoms with Crippen LogP contribution in [0, 0.1) is 6.92 Å². The molecule has 0 atom stereocenters. The van der Waals surface area contributed by atoms with E-state index in [0.717, 1.165) is 42.5 Å². The summed E-state index contributed by atoms with van der Waals surface area (Å²) in [6, 6.07) is 0. The second kappa shape index (κ2) is 6.86. The van der Waals surface area contributed by atoms with Crippen molar-refractivity contribution >= 4 is 23.4 Å². The lowest BCUT2D eigenvalue weighted by molar-refractivity contribution is 0.769. The fourth-order valence-corrected chi connectivity index (χ4v) is 2.94. The Morgan fingerprint density at radius 2 is 1.81 bits per heavy atom. The molecule has 0 bridgehead atoms. The van der Waals surface area contributed by atoms with Crippen LogP contribution in [0.15, 0.2) is 0 Å². The zero-order valence-electron chi connectivity index (χ0n) is 13.9. The van der Waals surface area contributed by atoms with Gasteiger partial charge >= 0.3 is 0 Å². The number of hydrogen-bond donors (Lipinski definition) is 2.